The van der Waals surface area contributed by atoms with Gasteiger partial charge < -0.3 is 10.0 Å². The van der Waals surface area contributed by atoms with E-state index in [1.807, 2.05) is 32.0 Å². The Bertz CT molecular complexity index is 582. The lowest BCUT2D eigenvalue weighted by atomic mass is 9.76. The molecule has 2 atom stereocenters. The third kappa shape index (κ3) is 3.63. The Morgan fingerprint density at radius 2 is 1.79 bits per heavy atom. The number of amides is 1. The van der Waals surface area contributed by atoms with Gasteiger partial charge in [0.1, 0.15) is 0 Å². The summed E-state index contributed by atoms with van der Waals surface area (Å²) in [5, 5.41) is 9.64. The van der Waals surface area contributed by atoms with Crippen molar-refractivity contribution in [2.75, 3.05) is 13.1 Å². The molecule has 24 heavy (non-hydrogen) atoms. The summed E-state index contributed by atoms with van der Waals surface area (Å²) < 4.78 is 0. The van der Waals surface area contributed by atoms with Gasteiger partial charge in [-0.05, 0) is 29.7 Å². The molecule has 0 radical (unpaired) electrons. The summed E-state index contributed by atoms with van der Waals surface area (Å²) in [5.41, 5.74) is 0.379. The van der Waals surface area contributed by atoms with Gasteiger partial charge in [-0.25, -0.2) is 0 Å². The number of benzene rings is 1. The number of aliphatic carboxylic acids is 1. The van der Waals surface area contributed by atoms with Crippen molar-refractivity contribution >= 4 is 11.9 Å². The first-order chi connectivity index (χ1) is 11.3. The minimum atomic E-state index is -0.796. The first kappa shape index (κ1) is 18.5. The molecule has 2 unspecified atom stereocenters. The summed E-state index contributed by atoms with van der Waals surface area (Å²) in [5.74, 6) is -0.175. The summed E-state index contributed by atoms with van der Waals surface area (Å²) in [6, 6.07) is 10.1. The molecule has 1 aromatic rings. The zero-order chi connectivity index (χ0) is 17.9. The fraction of sp³-hybridized carbons (Fsp3) is 0.600. The number of hydrogen-bond acceptors (Lipinski definition) is 2. The van der Waals surface area contributed by atoms with Crippen LogP contribution in [0.3, 0.4) is 0 Å². The van der Waals surface area contributed by atoms with Crippen LogP contribution < -0.4 is 0 Å². The topological polar surface area (TPSA) is 57.6 Å². The van der Waals surface area contributed by atoms with Crippen LogP contribution in [0.4, 0.5) is 0 Å². The highest BCUT2D eigenvalue weighted by atomic mass is 16.4. The zero-order valence-electron chi connectivity index (χ0n) is 15.2. The second-order valence-electron chi connectivity index (χ2n) is 7.65. The third-order valence-electron chi connectivity index (χ3n) is 5.61. The number of hydrogen-bond donors (Lipinski definition) is 1. The van der Waals surface area contributed by atoms with Crippen LogP contribution in [0.5, 0.6) is 0 Å². The van der Waals surface area contributed by atoms with E-state index >= 15 is 0 Å². The molecule has 1 aliphatic rings. The molecule has 1 saturated heterocycles. The average molecular weight is 331 g/mol. The third-order valence-corrected chi connectivity index (χ3v) is 5.61. The number of carboxylic acid groups (broad SMARTS) is 1. The fourth-order valence-electron chi connectivity index (χ4n) is 3.69. The highest BCUT2D eigenvalue weighted by Crippen LogP contribution is 2.39. The van der Waals surface area contributed by atoms with E-state index in [1.54, 1.807) is 4.90 Å². The Labute approximate surface area is 144 Å². The minimum absolute atomic E-state index is 0.0165. The summed E-state index contributed by atoms with van der Waals surface area (Å²) >= 11 is 0. The maximum absolute atomic E-state index is 12.8. The number of carbonyl (C=O) groups excluding carboxylic acids is 1. The molecule has 0 aliphatic carbocycles. The molecule has 0 bridgehead atoms. The molecule has 1 N–H and O–H groups in total. The van der Waals surface area contributed by atoms with E-state index in [2.05, 4.69) is 26.0 Å². The summed E-state index contributed by atoms with van der Waals surface area (Å²) in [7, 11) is 0. The second-order valence-corrected chi connectivity index (χ2v) is 7.65. The van der Waals surface area contributed by atoms with Gasteiger partial charge in [-0.3, -0.25) is 9.59 Å². The number of carboxylic acids is 1. The molecule has 1 amide bonds. The highest BCUT2D eigenvalue weighted by molar-refractivity contribution is 5.81. The standard InChI is InChI=1S/C20H29NO3/c1-14(2)17(16-8-6-5-7-9-16)12-18(22)21-11-10-20(13-21,15(3)4)19(23)24/h5-9,14-15,17H,10-13H2,1-4H3,(H,23,24). The van der Waals surface area contributed by atoms with Crippen molar-refractivity contribution in [1.82, 2.24) is 4.90 Å². The predicted molar refractivity (Wildman–Crippen MR) is 94.7 cm³/mol. The lowest BCUT2D eigenvalue weighted by Crippen LogP contribution is -2.41. The van der Waals surface area contributed by atoms with Gasteiger partial charge in [0.25, 0.3) is 0 Å². The lowest BCUT2D eigenvalue weighted by molar-refractivity contribution is -0.151. The molecule has 132 valence electrons. The molecule has 0 aromatic heterocycles. The first-order valence-corrected chi connectivity index (χ1v) is 8.84. The van der Waals surface area contributed by atoms with Gasteiger partial charge in [-0.15, -0.1) is 0 Å². The molecule has 1 aromatic carbocycles. The van der Waals surface area contributed by atoms with Crippen molar-refractivity contribution < 1.29 is 14.7 Å². The summed E-state index contributed by atoms with van der Waals surface area (Å²) in [6.07, 6.45) is 0.985. The van der Waals surface area contributed by atoms with Crippen molar-refractivity contribution in [3.8, 4) is 0 Å². The number of carbonyl (C=O) groups is 2. The molecule has 1 heterocycles. The molecule has 1 aliphatic heterocycles. The van der Waals surface area contributed by atoms with E-state index in [1.165, 1.54) is 5.56 Å². The molecule has 1 fully saturated rings. The Hall–Kier alpha value is -1.84. The Morgan fingerprint density at radius 1 is 1.17 bits per heavy atom. The molecular formula is C20H29NO3. The van der Waals surface area contributed by atoms with Crippen LogP contribution in [-0.2, 0) is 9.59 Å². The van der Waals surface area contributed by atoms with E-state index in [-0.39, 0.29) is 17.7 Å². The predicted octanol–water partition coefficient (Wildman–Crippen LogP) is 3.78. The SMILES string of the molecule is CC(C)C(CC(=O)N1CCC(C(=O)O)(C(C)C)C1)c1ccccc1. The van der Waals surface area contributed by atoms with Crippen molar-refractivity contribution in [2.45, 2.75) is 46.5 Å². The van der Waals surface area contributed by atoms with Crippen molar-refractivity contribution in [1.29, 1.82) is 0 Å². The lowest BCUT2D eigenvalue weighted by Gasteiger charge is -2.29. The molecule has 2 rings (SSSR count). The number of likely N-dealkylation sites (tertiary alicyclic amines) is 1. The smallest absolute Gasteiger partial charge is 0.311 e. The van der Waals surface area contributed by atoms with Gasteiger partial charge >= 0.3 is 5.97 Å². The number of rotatable bonds is 6. The van der Waals surface area contributed by atoms with Gasteiger partial charge in [0.2, 0.25) is 5.91 Å². The van der Waals surface area contributed by atoms with Crippen LogP contribution in [0.25, 0.3) is 0 Å². The van der Waals surface area contributed by atoms with Crippen LogP contribution in [0, 0.1) is 17.3 Å². The average Bonchev–Trinajstić information content (AvgIpc) is 3.00. The molecular weight excluding hydrogens is 302 g/mol. The largest absolute Gasteiger partial charge is 0.481 e. The Morgan fingerprint density at radius 3 is 2.25 bits per heavy atom. The van der Waals surface area contributed by atoms with E-state index < -0.39 is 11.4 Å². The van der Waals surface area contributed by atoms with Gasteiger partial charge in [-0.1, -0.05) is 58.0 Å². The van der Waals surface area contributed by atoms with Crippen molar-refractivity contribution in [3.63, 3.8) is 0 Å². The molecule has 0 saturated carbocycles. The van der Waals surface area contributed by atoms with Crippen LogP contribution >= 0.6 is 0 Å². The summed E-state index contributed by atoms with van der Waals surface area (Å²) in [6.45, 7) is 9.00. The molecule has 4 nitrogen and oxygen atoms in total. The van der Waals surface area contributed by atoms with Crippen LogP contribution in [0.2, 0.25) is 0 Å². The fourth-order valence-corrected chi connectivity index (χ4v) is 3.69. The maximum Gasteiger partial charge on any atom is 0.311 e. The minimum Gasteiger partial charge on any atom is -0.481 e. The van der Waals surface area contributed by atoms with Gasteiger partial charge in [0, 0.05) is 19.5 Å². The van der Waals surface area contributed by atoms with E-state index in [0.717, 1.165) is 0 Å². The number of nitrogens with zero attached hydrogens (tertiary/aromatic N) is 1. The van der Waals surface area contributed by atoms with Gasteiger partial charge in [0.15, 0.2) is 0 Å². The molecule has 4 heteroatoms. The van der Waals surface area contributed by atoms with Gasteiger partial charge in [-0.2, -0.15) is 0 Å². The van der Waals surface area contributed by atoms with Crippen LogP contribution in [0.15, 0.2) is 30.3 Å². The van der Waals surface area contributed by atoms with Crippen molar-refractivity contribution in [2.24, 2.45) is 17.3 Å². The van der Waals surface area contributed by atoms with Crippen LogP contribution in [0.1, 0.15) is 52.0 Å². The van der Waals surface area contributed by atoms with E-state index in [4.69, 9.17) is 0 Å². The maximum atomic E-state index is 12.8. The van der Waals surface area contributed by atoms with Crippen molar-refractivity contribution in [3.05, 3.63) is 35.9 Å². The zero-order valence-corrected chi connectivity index (χ0v) is 15.2. The Balaban J connectivity index is 2.11. The van der Waals surface area contributed by atoms with Gasteiger partial charge in [0.05, 0.1) is 5.41 Å². The summed E-state index contributed by atoms with van der Waals surface area (Å²) in [4.78, 5) is 26.3. The van der Waals surface area contributed by atoms with E-state index in [9.17, 15) is 14.7 Å². The van der Waals surface area contributed by atoms with Crippen LogP contribution in [-0.4, -0.2) is 35.0 Å². The van der Waals surface area contributed by atoms with E-state index in [0.29, 0.717) is 31.8 Å². The Kier molecular flexibility index (Phi) is 5.68. The monoisotopic (exact) mass is 331 g/mol. The molecule has 0 spiro atoms. The first-order valence-electron chi connectivity index (χ1n) is 8.84. The normalized spacial score (nSPS) is 22.2. The highest BCUT2D eigenvalue weighted by Gasteiger charge is 2.48. The second kappa shape index (κ2) is 7.37. The quantitative estimate of drug-likeness (QED) is 0.863.